The molecule has 1 fully saturated rings. The normalized spacial score (nSPS) is 16.1. The van der Waals surface area contributed by atoms with Gasteiger partial charge in [0, 0.05) is 35.7 Å². The van der Waals surface area contributed by atoms with Crippen molar-refractivity contribution in [2.45, 2.75) is 36.8 Å². The van der Waals surface area contributed by atoms with Crippen LogP contribution in [-0.4, -0.2) is 28.9 Å². The minimum Gasteiger partial charge on any atom is -0.378 e. The highest BCUT2D eigenvalue weighted by atomic mass is 19.1. The summed E-state index contributed by atoms with van der Waals surface area (Å²) in [6.45, 7) is 0. The fourth-order valence-corrected chi connectivity index (χ4v) is 5.11. The molecular formula is C31H24BFN10. The van der Waals surface area contributed by atoms with Crippen molar-refractivity contribution in [2.24, 2.45) is 0 Å². The Labute approximate surface area is 248 Å². The van der Waals surface area contributed by atoms with Crippen LogP contribution in [0.4, 0.5) is 15.8 Å². The number of pyridine rings is 2. The van der Waals surface area contributed by atoms with Crippen molar-refractivity contribution in [3.63, 3.8) is 0 Å². The lowest BCUT2D eigenvalue weighted by atomic mass is 9.70. The Balaban J connectivity index is 1.47. The van der Waals surface area contributed by atoms with Crippen LogP contribution < -0.4 is 21.6 Å². The number of nitrogens with one attached hydrogen (secondary N) is 4. The Hall–Kier alpha value is -5.64. The minimum atomic E-state index is -1.43. The molecule has 3 heterocycles. The molecule has 2 atom stereocenters. The number of hydrogen-bond donors (Lipinski definition) is 4. The molecule has 1 saturated carbocycles. The van der Waals surface area contributed by atoms with Gasteiger partial charge in [-0.2, -0.15) is 20.2 Å². The van der Waals surface area contributed by atoms with Gasteiger partial charge in [-0.15, -0.1) is 5.53 Å². The summed E-state index contributed by atoms with van der Waals surface area (Å²) >= 11 is 0. The molecule has 4 aromatic rings. The van der Waals surface area contributed by atoms with Gasteiger partial charge in [-0.3, -0.25) is 9.99 Å². The molecule has 0 saturated heterocycles. The fraction of sp³-hybridized carbons (Fsp3) is 0.194. The molecule has 1 aliphatic heterocycles. The summed E-state index contributed by atoms with van der Waals surface area (Å²) < 4.78 is 13.8. The number of benzene rings is 2. The number of hydrogen-bond acceptors (Lipinski definition) is 10. The smallest absolute Gasteiger partial charge is 0.212 e. The van der Waals surface area contributed by atoms with Gasteiger partial charge in [-0.05, 0) is 42.2 Å². The Morgan fingerprint density at radius 3 is 2.51 bits per heavy atom. The van der Waals surface area contributed by atoms with Gasteiger partial charge < -0.3 is 16.1 Å². The molecule has 1 aliphatic carbocycles. The second kappa shape index (κ2) is 11.3. The van der Waals surface area contributed by atoms with E-state index in [0.717, 1.165) is 18.4 Å². The maximum atomic E-state index is 13.8. The molecule has 2 aliphatic rings. The molecule has 0 spiro atoms. The van der Waals surface area contributed by atoms with Crippen LogP contribution in [0.1, 0.15) is 47.6 Å². The van der Waals surface area contributed by atoms with Crippen molar-refractivity contribution < 1.29 is 4.39 Å². The van der Waals surface area contributed by atoms with E-state index in [9.17, 15) is 20.2 Å². The van der Waals surface area contributed by atoms with E-state index in [1.54, 1.807) is 18.2 Å². The first-order valence-electron chi connectivity index (χ1n) is 13.6. The van der Waals surface area contributed by atoms with Crippen LogP contribution in [-0.2, 0) is 5.44 Å². The topological polar surface area (TPSA) is 149 Å². The minimum absolute atomic E-state index is 0.134. The summed E-state index contributed by atoms with van der Waals surface area (Å²) in [5.41, 5.74) is 8.42. The van der Waals surface area contributed by atoms with Crippen LogP contribution in [0.25, 0.3) is 10.9 Å². The average Bonchev–Trinajstić information content (AvgIpc) is 3.76. The third-order valence-corrected chi connectivity index (χ3v) is 7.51. The molecule has 208 valence electrons. The van der Waals surface area contributed by atoms with E-state index in [0.29, 0.717) is 39.6 Å². The predicted octanol–water partition coefficient (Wildman–Crippen LogP) is 4.34. The SMILES string of the molecule is [B]C(Nc1cc(C#N)c2ncc(C#N)c(N[C@H](CC#N)c3ccccc3)c2c1)(C1=CN(C2CC2)NN1)c1ccc(F)nc1. The van der Waals surface area contributed by atoms with E-state index < -0.39 is 17.4 Å². The molecular weight excluding hydrogens is 542 g/mol. The number of halogens is 1. The van der Waals surface area contributed by atoms with E-state index in [1.165, 1.54) is 18.5 Å². The monoisotopic (exact) mass is 566 g/mol. The first-order chi connectivity index (χ1) is 20.9. The number of hydrazine groups is 2. The third-order valence-electron chi connectivity index (χ3n) is 7.51. The Morgan fingerprint density at radius 1 is 1.05 bits per heavy atom. The molecule has 10 nitrogen and oxygen atoms in total. The molecule has 2 aromatic heterocycles. The maximum Gasteiger partial charge on any atom is 0.212 e. The zero-order chi connectivity index (χ0) is 30.0. The molecule has 12 heteroatoms. The molecule has 0 bridgehead atoms. The second-order valence-corrected chi connectivity index (χ2v) is 10.4. The Bertz CT molecular complexity index is 1840. The standard InChI is InChI=1S/C31H24BFN10/c32-31(22-6-9-28(33)37-17-22,27-18-43(42-41-27)24-7-8-24)40-23-12-20(14-35)29-25(13-23)30(21(15-36)16-38-29)39-26(10-11-34)19-4-2-1-3-5-19/h1-6,9,12-13,16-18,24,26,40-42H,7-8,10H2,(H,38,39)/t26-,31?/m1/s1. The van der Waals surface area contributed by atoms with E-state index in [1.807, 2.05) is 41.5 Å². The highest BCUT2D eigenvalue weighted by molar-refractivity contribution is 6.19. The van der Waals surface area contributed by atoms with Crippen molar-refractivity contribution in [2.75, 3.05) is 10.6 Å². The second-order valence-electron chi connectivity index (χ2n) is 10.4. The lowest BCUT2D eigenvalue weighted by Crippen LogP contribution is -2.45. The van der Waals surface area contributed by atoms with Crippen molar-refractivity contribution >= 4 is 30.1 Å². The lowest BCUT2D eigenvalue weighted by Gasteiger charge is -2.34. The van der Waals surface area contributed by atoms with Crippen molar-refractivity contribution in [1.29, 1.82) is 15.8 Å². The third kappa shape index (κ3) is 5.38. The number of nitriles is 3. The van der Waals surface area contributed by atoms with E-state index in [2.05, 4.69) is 49.8 Å². The zero-order valence-electron chi connectivity index (χ0n) is 22.8. The van der Waals surface area contributed by atoms with Crippen molar-refractivity contribution in [1.82, 2.24) is 25.9 Å². The number of nitrogens with zero attached hydrogens (tertiary/aromatic N) is 6. The molecule has 2 radical (unpaired) electrons. The van der Waals surface area contributed by atoms with Crippen LogP contribution in [0, 0.1) is 39.9 Å². The largest absolute Gasteiger partial charge is 0.378 e. The fourth-order valence-electron chi connectivity index (χ4n) is 5.11. The van der Waals surface area contributed by atoms with Crippen LogP contribution >= 0.6 is 0 Å². The van der Waals surface area contributed by atoms with Gasteiger partial charge in [-0.25, -0.2) is 4.98 Å². The maximum absolute atomic E-state index is 13.8. The van der Waals surface area contributed by atoms with Gasteiger partial charge >= 0.3 is 0 Å². The van der Waals surface area contributed by atoms with Crippen LogP contribution in [0.2, 0.25) is 0 Å². The number of rotatable bonds is 9. The lowest BCUT2D eigenvalue weighted by molar-refractivity contribution is 0.260. The first kappa shape index (κ1) is 27.5. The van der Waals surface area contributed by atoms with Gasteiger partial charge in [0.05, 0.1) is 52.0 Å². The molecule has 4 N–H and O–H groups in total. The Kier molecular flexibility index (Phi) is 7.25. The summed E-state index contributed by atoms with van der Waals surface area (Å²) in [7, 11) is 7.04. The van der Waals surface area contributed by atoms with Crippen molar-refractivity contribution in [3.05, 3.63) is 107 Å². The zero-order valence-corrected chi connectivity index (χ0v) is 22.8. The number of fused-ring (bicyclic) bond motifs is 1. The highest BCUT2D eigenvalue weighted by Gasteiger charge is 2.38. The summed E-state index contributed by atoms with van der Waals surface area (Å²) in [6, 6.07) is 22.1. The summed E-state index contributed by atoms with van der Waals surface area (Å²) in [5.74, 6) is -0.647. The Morgan fingerprint density at radius 2 is 1.84 bits per heavy atom. The van der Waals surface area contributed by atoms with Crippen LogP contribution in [0.15, 0.2) is 78.9 Å². The van der Waals surface area contributed by atoms with Gasteiger partial charge in [0.15, 0.2) is 0 Å². The summed E-state index contributed by atoms with van der Waals surface area (Å²) in [4.78, 5) is 8.24. The predicted molar refractivity (Wildman–Crippen MR) is 159 cm³/mol. The van der Waals surface area contributed by atoms with E-state index in [4.69, 9.17) is 7.85 Å². The molecule has 2 aromatic carbocycles. The van der Waals surface area contributed by atoms with Gasteiger partial charge in [0.1, 0.15) is 20.0 Å². The van der Waals surface area contributed by atoms with Crippen LogP contribution in [0.3, 0.4) is 0 Å². The summed E-state index contributed by atoms with van der Waals surface area (Å²) in [5, 5.41) is 38.8. The van der Waals surface area contributed by atoms with E-state index >= 15 is 0 Å². The first-order valence-corrected chi connectivity index (χ1v) is 13.6. The van der Waals surface area contributed by atoms with Crippen molar-refractivity contribution in [3.8, 4) is 18.2 Å². The average molecular weight is 566 g/mol. The van der Waals surface area contributed by atoms with Crippen LogP contribution in [0.5, 0.6) is 0 Å². The molecule has 0 amide bonds. The number of aromatic nitrogens is 2. The number of anilines is 2. The molecule has 43 heavy (non-hydrogen) atoms. The molecule has 6 rings (SSSR count). The van der Waals surface area contributed by atoms with Gasteiger partial charge in [-0.1, -0.05) is 36.4 Å². The highest BCUT2D eigenvalue weighted by Crippen LogP contribution is 2.38. The van der Waals surface area contributed by atoms with Gasteiger partial charge in [0.2, 0.25) is 5.95 Å². The summed E-state index contributed by atoms with van der Waals surface area (Å²) in [6.07, 6.45) is 6.83. The van der Waals surface area contributed by atoms with E-state index in [-0.39, 0.29) is 17.5 Å². The van der Waals surface area contributed by atoms with Gasteiger partial charge in [0.25, 0.3) is 0 Å². The molecule has 1 unspecified atom stereocenters. The quantitative estimate of drug-likeness (QED) is 0.170.